The van der Waals surface area contributed by atoms with Crippen molar-refractivity contribution in [1.82, 2.24) is 4.98 Å². The van der Waals surface area contributed by atoms with Crippen molar-refractivity contribution in [2.24, 2.45) is 0 Å². The second kappa shape index (κ2) is 5.83. The Labute approximate surface area is 140 Å². The van der Waals surface area contributed by atoms with Crippen LogP contribution in [0.5, 0.6) is 0 Å². The highest BCUT2D eigenvalue weighted by atomic mass is 35.5. The summed E-state index contributed by atoms with van der Waals surface area (Å²) in [5.74, 6) is 0. The third-order valence-corrected chi connectivity index (χ3v) is 4.61. The van der Waals surface area contributed by atoms with Crippen molar-refractivity contribution < 1.29 is 8.42 Å². The number of pyridine rings is 1. The molecule has 0 saturated carbocycles. The van der Waals surface area contributed by atoms with Gasteiger partial charge < -0.3 is 0 Å². The average molecular weight is 347 g/mol. The zero-order chi connectivity index (χ0) is 16.6. The van der Waals surface area contributed by atoms with Gasteiger partial charge in [-0.05, 0) is 30.7 Å². The Hall–Kier alpha value is -2.11. The highest BCUT2D eigenvalue weighted by molar-refractivity contribution is 7.92. The van der Waals surface area contributed by atoms with Crippen LogP contribution in [0.25, 0.3) is 22.2 Å². The summed E-state index contributed by atoms with van der Waals surface area (Å²) in [6, 6.07) is 14.8. The van der Waals surface area contributed by atoms with E-state index in [0.29, 0.717) is 16.4 Å². The van der Waals surface area contributed by atoms with Crippen LogP contribution in [-0.2, 0) is 10.0 Å². The fourth-order valence-corrected chi connectivity index (χ4v) is 3.27. The number of benzene rings is 2. The predicted molar refractivity (Wildman–Crippen MR) is 95.4 cm³/mol. The Morgan fingerprint density at radius 1 is 1.04 bits per heavy atom. The summed E-state index contributed by atoms with van der Waals surface area (Å²) in [6.45, 7) is 1.97. The summed E-state index contributed by atoms with van der Waals surface area (Å²) in [6.07, 6.45) is 1.12. The van der Waals surface area contributed by atoms with E-state index in [-0.39, 0.29) is 0 Å². The fourth-order valence-electron chi connectivity index (χ4n) is 2.46. The van der Waals surface area contributed by atoms with Crippen LogP contribution in [0, 0.1) is 6.92 Å². The van der Waals surface area contributed by atoms with Crippen LogP contribution in [0.1, 0.15) is 5.56 Å². The summed E-state index contributed by atoms with van der Waals surface area (Å²) in [7, 11) is -3.29. The smallest absolute Gasteiger partial charge is 0.229 e. The van der Waals surface area contributed by atoms with Gasteiger partial charge in [-0.2, -0.15) is 0 Å². The van der Waals surface area contributed by atoms with Gasteiger partial charge in [-0.3, -0.25) is 4.72 Å². The number of sulfonamides is 1. The molecule has 0 saturated heterocycles. The molecule has 118 valence electrons. The molecule has 1 N–H and O–H groups in total. The number of nitrogens with zero attached hydrogens (tertiary/aromatic N) is 1. The lowest BCUT2D eigenvalue weighted by atomic mass is 10.0. The maximum Gasteiger partial charge on any atom is 0.229 e. The molecule has 0 aliphatic carbocycles. The van der Waals surface area contributed by atoms with Gasteiger partial charge in [0.25, 0.3) is 0 Å². The summed E-state index contributed by atoms with van der Waals surface area (Å²) in [4.78, 5) is 4.64. The number of rotatable bonds is 3. The Kier molecular flexibility index (Phi) is 4.00. The normalized spacial score (nSPS) is 11.6. The maximum absolute atomic E-state index is 11.3. The molecule has 0 fully saturated rings. The number of fused-ring (bicyclic) bond motifs is 1. The van der Waals surface area contributed by atoms with Gasteiger partial charge >= 0.3 is 0 Å². The number of anilines is 1. The molecule has 3 rings (SSSR count). The van der Waals surface area contributed by atoms with Crippen molar-refractivity contribution in [2.75, 3.05) is 11.0 Å². The van der Waals surface area contributed by atoms with Gasteiger partial charge in [-0.1, -0.05) is 41.9 Å². The minimum Gasteiger partial charge on any atom is -0.284 e. The second-order valence-electron chi connectivity index (χ2n) is 5.37. The molecule has 0 aliphatic heterocycles. The molecule has 0 atom stereocenters. The van der Waals surface area contributed by atoms with Crippen molar-refractivity contribution >= 4 is 38.2 Å². The molecule has 1 heterocycles. The van der Waals surface area contributed by atoms with E-state index in [2.05, 4.69) is 9.71 Å². The van der Waals surface area contributed by atoms with Gasteiger partial charge in [0.1, 0.15) is 0 Å². The molecule has 0 amide bonds. The van der Waals surface area contributed by atoms with Crippen LogP contribution in [0.3, 0.4) is 0 Å². The minimum absolute atomic E-state index is 0.505. The highest BCUT2D eigenvalue weighted by Crippen LogP contribution is 2.33. The first kappa shape index (κ1) is 15.8. The van der Waals surface area contributed by atoms with Crippen LogP contribution >= 0.6 is 11.6 Å². The topological polar surface area (TPSA) is 59.1 Å². The fraction of sp³-hybridized carbons (Fsp3) is 0.118. The zero-order valence-electron chi connectivity index (χ0n) is 12.7. The van der Waals surface area contributed by atoms with E-state index >= 15 is 0 Å². The average Bonchev–Trinajstić information content (AvgIpc) is 2.50. The first-order chi connectivity index (χ1) is 10.8. The quantitative estimate of drug-likeness (QED) is 0.771. The Bertz CT molecular complexity index is 983. The molecule has 0 spiro atoms. The van der Waals surface area contributed by atoms with Crippen molar-refractivity contribution in [3.63, 3.8) is 0 Å². The van der Waals surface area contributed by atoms with Gasteiger partial charge in [-0.15, -0.1) is 0 Å². The molecule has 0 bridgehead atoms. The number of aromatic nitrogens is 1. The van der Waals surface area contributed by atoms with Gasteiger partial charge in [0, 0.05) is 16.6 Å². The molecule has 0 radical (unpaired) electrons. The highest BCUT2D eigenvalue weighted by Gasteiger charge is 2.12. The lowest BCUT2D eigenvalue weighted by Crippen LogP contribution is -2.09. The summed E-state index contributed by atoms with van der Waals surface area (Å²) >= 11 is 6.48. The molecule has 23 heavy (non-hydrogen) atoms. The van der Waals surface area contributed by atoms with E-state index < -0.39 is 10.0 Å². The second-order valence-corrected chi connectivity index (χ2v) is 7.49. The number of aryl methyl sites for hydroxylation is 1. The number of para-hydroxylation sites is 1. The first-order valence-electron chi connectivity index (χ1n) is 6.98. The molecule has 1 aromatic heterocycles. The molecule has 3 aromatic rings. The first-order valence-corrected chi connectivity index (χ1v) is 9.25. The molecule has 4 nitrogen and oxygen atoms in total. The molecule has 6 heteroatoms. The lowest BCUT2D eigenvalue weighted by molar-refractivity contribution is 0.607. The number of nitrogens with one attached hydrogen (secondary N) is 1. The van der Waals surface area contributed by atoms with Crippen LogP contribution in [0.4, 0.5) is 5.69 Å². The largest absolute Gasteiger partial charge is 0.284 e. The monoisotopic (exact) mass is 346 g/mol. The van der Waals surface area contributed by atoms with Crippen LogP contribution in [-0.4, -0.2) is 19.7 Å². The summed E-state index contributed by atoms with van der Waals surface area (Å²) in [5.41, 5.74) is 3.88. The predicted octanol–water partition coefficient (Wildman–Crippen LogP) is 4.24. The molecule has 0 aliphatic rings. The van der Waals surface area contributed by atoms with E-state index in [1.807, 2.05) is 31.2 Å². The Balaban J connectivity index is 2.08. The minimum atomic E-state index is -3.29. The van der Waals surface area contributed by atoms with Gasteiger partial charge in [-0.25, -0.2) is 13.4 Å². The molecular formula is C17H15ClN2O2S. The third kappa shape index (κ3) is 3.30. The standard InChI is InChI=1S/C17H15ClN2O2S/c1-11-14-5-3-4-6-15(14)19-17(16(11)18)12-7-9-13(10-8-12)20-23(2,21)22/h3-10,20H,1-2H3. The van der Waals surface area contributed by atoms with Crippen molar-refractivity contribution in [2.45, 2.75) is 6.92 Å². The van der Waals surface area contributed by atoms with E-state index in [9.17, 15) is 8.42 Å². The SMILES string of the molecule is Cc1c(Cl)c(-c2ccc(NS(C)(=O)=O)cc2)nc2ccccc12. The van der Waals surface area contributed by atoms with Crippen molar-refractivity contribution in [3.8, 4) is 11.3 Å². The Morgan fingerprint density at radius 3 is 2.35 bits per heavy atom. The number of halogens is 1. The van der Waals surface area contributed by atoms with Crippen molar-refractivity contribution in [3.05, 3.63) is 59.1 Å². The third-order valence-electron chi connectivity index (χ3n) is 3.54. The number of hydrogen-bond acceptors (Lipinski definition) is 3. The van der Waals surface area contributed by atoms with Gasteiger partial charge in [0.15, 0.2) is 0 Å². The zero-order valence-corrected chi connectivity index (χ0v) is 14.2. The summed E-state index contributed by atoms with van der Waals surface area (Å²) < 4.78 is 24.9. The van der Waals surface area contributed by atoms with Crippen LogP contribution < -0.4 is 4.72 Å². The van der Waals surface area contributed by atoms with E-state index in [1.54, 1.807) is 24.3 Å². The van der Waals surface area contributed by atoms with Gasteiger partial charge in [0.2, 0.25) is 10.0 Å². The van der Waals surface area contributed by atoms with Crippen LogP contribution in [0.2, 0.25) is 5.02 Å². The van der Waals surface area contributed by atoms with Crippen LogP contribution in [0.15, 0.2) is 48.5 Å². The van der Waals surface area contributed by atoms with E-state index in [1.165, 1.54) is 0 Å². The van der Waals surface area contributed by atoms with Crippen molar-refractivity contribution in [1.29, 1.82) is 0 Å². The lowest BCUT2D eigenvalue weighted by Gasteiger charge is -2.11. The van der Waals surface area contributed by atoms with E-state index in [0.717, 1.165) is 28.3 Å². The van der Waals surface area contributed by atoms with E-state index in [4.69, 9.17) is 11.6 Å². The number of hydrogen-bond donors (Lipinski definition) is 1. The van der Waals surface area contributed by atoms with Gasteiger partial charge in [0.05, 0.1) is 22.5 Å². The Morgan fingerprint density at radius 2 is 1.70 bits per heavy atom. The molecule has 0 unspecified atom stereocenters. The molecular weight excluding hydrogens is 332 g/mol. The summed E-state index contributed by atoms with van der Waals surface area (Å²) in [5, 5.41) is 1.63. The maximum atomic E-state index is 11.3. The molecule has 2 aromatic carbocycles.